The molecular formula is C28H29NO4. The lowest BCUT2D eigenvalue weighted by molar-refractivity contribution is -0.156. The number of hydrogen-bond acceptors (Lipinski definition) is 5. The molecule has 0 amide bonds. The summed E-state index contributed by atoms with van der Waals surface area (Å²) in [4.78, 5) is 16.8. The molecule has 5 heteroatoms. The molecule has 1 aliphatic heterocycles. The van der Waals surface area contributed by atoms with Gasteiger partial charge in [-0.1, -0.05) is 62.4 Å². The Morgan fingerprint density at radius 2 is 1.82 bits per heavy atom. The minimum Gasteiger partial charge on any atom is -0.497 e. The number of nitrogens with zero attached hydrogens (tertiary/aromatic N) is 1. The predicted molar refractivity (Wildman–Crippen MR) is 130 cm³/mol. The van der Waals surface area contributed by atoms with Gasteiger partial charge in [-0.3, -0.25) is 9.78 Å². The van der Waals surface area contributed by atoms with E-state index in [1.54, 1.807) is 7.11 Å². The van der Waals surface area contributed by atoms with E-state index in [2.05, 4.69) is 32.0 Å². The summed E-state index contributed by atoms with van der Waals surface area (Å²) >= 11 is 0. The second kappa shape index (κ2) is 10.0. The van der Waals surface area contributed by atoms with E-state index in [4.69, 9.17) is 14.5 Å². The van der Waals surface area contributed by atoms with Crippen LogP contribution in [0.1, 0.15) is 43.9 Å². The molecular weight excluding hydrogens is 414 g/mol. The number of benzene rings is 2. The molecule has 0 aliphatic carbocycles. The van der Waals surface area contributed by atoms with Gasteiger partial charge in [-0.2, -0.15) is 0 Å². The van der Waals surface area contributed by atoms with Crippen LogP contribution in [0.2, 0.25) is 0 Å². The van der Waals surface area contributed by atoms with Crippen LogP contribution >= 0.6 is 0 Å². The highest BCUT2D eigenvalue weighted by Crippen LogP contribution is 2.35. The zero-order valence-corrected chi connectivity index (χ0v) is 19.2. The van der Waals surface area contributed by atoms with Crippen molar-refractivity contribution in [2.24, 2.45) is 0 Å². The fourth-order valence-electron chi connectivity index (χ4n) is 4.09. The fourth-order valence-corrected chi connectivity index (χ4v) is 4.09. The van der Waals surface area contributed by atoms with Crippen molar-refractivity contribution in [3.8, 4) is 28.1 Å². The number of pyridine rings is 1. The number of aliphatic hydroxyl groups is 1. The van der Waals surface area contributed by atoms with Gasteiger partial charge in [0, 0.05) is 17.5 Å². The molecule has 0 saturated carbocycles. The summed E-state index contributed by atoms with van der Waals surface area (Å²) in [6.07, 6.45) is 3.15. The Balaban J connectivity index is 1.85. The van der Waals surface area contributed by atoms with Crippen LogP contribution in [0.4, 0.5) is 0 Å². The van der Waals surface area contributed by atoms with E-state index in [1.165, 1.54) is 0 Å². The number of methoxy groups -OCH3 is 1. The lowest BCUT2D eigenvalue weighted by Crippen LogP contribution is -2.31. The second-order valence-electron chi connectivity index (χ2n) is 8.58. The highest BCUT2D eigenvalue weighted by atomic mass is 16.5. The van der Waals surface area contributed by atoms with E-state index < -0.39 is 12.2 Å². The largest absolute Gasteiger partial charge is 0.497 e. The van der Waals surface area contributed by atoms with Gasteiger partial charge in [-0.25, -0.2) is 0 Å². The van der Waals surface area contributed by atoms with E-state index in [0.717, 1.165) is 39.4 Å². The topological polar surface area (TPSA) is 68.7 Å². The quantitative estimate of drug-likeness (QED) is 0.500. The van der Waals surface area contributed by atoms with Crippen molar-refractivity contribution in [3.63, 3.8) is 0 Å². The summed E-state index contributed by atoms with van der Waals surface area (Å²) in [6.45, 7) is 4.24. The summed E-state index contributed by atoms with van der Waals surface area (Å²) in [5.41, 5.74) is 5.97. The van der Waals surface area contributed by atoms with Gasteiger partial charge in [0.15, 0.2) is 0 Å². The Bertz CT molecular complexity index is 1140. The van der Waals surface area contributed by atoms with Crippen LogP contribution in [0, 0.1) is 0 Å². The van der Waals surface area contributed by atoms with Gasteiger partial charge in [0.05, 0.1) is 31.0 Å². The number of ether oxygens (including phenoxy) is 2. The first-order chi connectivity index (χ1) is 15.9. The summed E-state index contributed by atoms with van der Waals surface area (Å²) < 4.78 is 10.8. The van der Waals surface area contributed by atoms with Gasteiger partial charge in [-0.15, -0.1) is 0 Å². The molecule has 2 heterocycles. The molecule has 1 aliphatic rings. The molecule has 1 saturated heterocycles. The lowest BCUT2D eigenvalue weighted by atomic mass is 9.91. The van der Waals surface area contributed by atoms with Crippen LogP contribution in [0.3, 0.4) is 0 Å². The number of carbonyl (C=O) groups is 1. The van der Waals surface area contributed by atoms with E-state index in [0.29, 0.717) is 6.42 Å². The van der Waals surface area contributed by atoms with Gasteiger partial charge in [-0.05, 0) is 41.3 Å². The lowest BCUT2D eigenvalue weighted by Gasteiger charge is -2.24. The van der Waals surface area contributed by atoms with Gasteiger partial charge in [0.25, 0.3) is 0 Å². The summed E-state index contributed by atoms with van der Waals surface area (Å²) in [5.74, 6) is 0.589. The smallest absolute Gasteiger partial charge is 0.309 e. The van der Waals surface area contributed by atoms with Crippen LogP contribution in [0.25, 0.3) is 28.5 Å². The number of cyclic esters (lactones) is 1. The maximum atomic E-state index is 11.8. The van der Waals surface area contributed by atoms with Crippen molar-refractivity contribution >= 4 is 12.0 Å². The molecule has 5 nitrogen and oxygen atoms in total. The molecule has 2 aromatic carbocycles. The van der Waals surface area contributed by atoms with Crippen LogP contribution in [-0.2, 0) is 9.53 Å². The molecule has 4 rings (SSSR count). The highest BCUT2D eigenvalue weighted by molar-refractivity contribution is 5.81. The molecule has 0 spiro atoms. The molecule has 1 fully saturated rings. The average molecular weight is 444 g/mol. The van der Waals surface area contributed by atoms with E-state index in [-0.39, 0.29) is 18.3 Å². The molecule has 1 aromatic heterocycles. The monoisotopic (exact) mass is 443 g/mol. The number of esters is 1. The van der Waals surface area contributed by atoms with Crippen molar-refractivity contribution in [3.05, 3.63) is 78.0 Å². The van der Waals surface area contributed by atoms with Gasteiger partial charge in [0.2, 0.25) is 0 Å². The van der Waals surface area contributed by atoms with Crippen molar-refractivity contribution < 1.29 is 19.4 Å². The first kappa shape index (κ1) is 22.7. The van der Waals surface area contributed by atoms with Gasteiger partial charge >= 0.3 is 5.97 Å². The van der Waals surface area contributed by atoms with Crippen molar-refractivity contribution in [1.82, 2.24) is 4.98 Å². The number of carbonyl (C=O) groups excluding carboxylic acids is 1. The molecule has 1 N–H and O–H groups in total. The van der Waals surface area contributed by atoms with E-state index in [9.17, 15) is 9.90 Å². The summed E-state index contributed by atoms with van der Waals surface area (Å²) in [6, 6.07) is 20.2. The van der Waals surface area contributed by atoms with Crippen molar-refractivity contribution in [1.29, 1.82) is 0 Å². The summed E-state index contributed by atoms with van der Waals surface area (Å²) in [5, 5.41) is 9.98. The predicted octanol–water partition coefficient (Wildman–Crippen LogP) is 5.63. The van der Waals surface area contributed by atoms with Crippen LogP contribution in [-0.4, -0.2) is 35.4 Å². The third-order valence-electron chi connectivity index (χ3n) is 5.77. The Labute approximate surface area is 194 Å². The van der Waals surface area contributed by atoms with E-state index >= 15 is 0 Å². The number of aliphatic hydroxyl groups excluding tert-OH is 1. The normalized spacial score (nSPS) is 18.5. The zero-order valence-electron chi connectivity index (χ0n) is 19.2. The molecule has 33 heavy (non-hydrogen) atoms. The third kappa shape index (κ3) is 5.32. The zero-order chi connectivity index (χ0) is 23.4. The maximum absolute atomic E-state index is 11.8. The van der Waals surface area contributed by atoms with Crippen LogP contribution in [0.5, 0.6) is 5.75 Å². The molecule has 0 bridgehead atoms. The highest BCUT2D eigenvalue weighted by Gasteiger charge is 2.25. The minimum absolute atomic E-state index is 0.0476. The minimum atomic E-state index is -0.676. The first-order valence-corrected chi connectivity index (χ1v) is 11.2. The maximum Gasteiger partial charge on any atom is 0.309 e. The standard InChI is InChI=1S/C28H29NO4/c1-18(2)28-24(14-13-23-15-21(30)16-27(31)33-23)25(19-9-11-22(32-3)12-10-19)17-26(29-28)20-7-5-4-6-8-20/h4-14,17-18,21,23,30H,15-16H2,1-3H3/b14-13+/t21-,23-/m1/s1. The summed E-state index contributed by atoms with van der Waals surface area (Å²) in [7, 11) is 1.65. The van der Waals surface area contributed by atoms with Crippen molar-refractivity contribution in [2.75, 3.05) is 7.11 Å². The Kier molecular flexibility index (Phi) is 6.90. The number of rotatable bonds is 6. The Morgan fingerprint density at radius 3 is 2.45 bits per heavy atom. The second-order valence-corrected chi connectivity index (χ2v) is 8.58. The molecule has 3 aromatic rings. The van der Waals surface area contributed by atoms with Gasteiger partial charge < -0.3 is 14.6 Å². The average Bonchev–Trinajstić information content (AvgIpc) is 2.82. The number of hydrogen-bond donors (Lipinski definition) is 1. The van der Waals surface area contributed by atoms with Crippen LogP contribution < -0.4 is 4.74 Å². The number of aromatic nitrogens is 1. The first-order valence-electron chi connectivity index (χ1n) is 11.2. The molecule has 2 atom stereocenters. The van der Waals surface area contributed by atoms with E-state index in [1.807, 2.05) is 54.6 Å². The molecule has 170 valence electrons. The third-order valence-corrected chi connectivity index (χ3v) is 5.77. The molecule has 0 unspecified atom stereocenters. The van der Waals surface area contributed by atoms with Gasteiger partial charge in [0.1, 0.15) is 11.9 Å². The SMILES string of the molecule is COc1ccc(-c2cc(-c3ccccc3)nc(C(C)C)c2/C=C/[C@@H]2C[C@@H](O)CC(=O)O2)cc1. The molecule has 0 radical (unpaired) electrons. The van der Waals surface area contributed by atoms with Crippen LogP contribution in [0.15, 0.2) is 66.7 Å². The fraction of sp³-hybridized carbons (Fsp3) is 0.286. The Hall–Kier alpha value is -3.44. The Morgan fingerprint density at radius 1 is 1.09 bits per heavy atom. The van der Waals surface area contributed by atoms with Crippen molar-refractivity contribution in [2.45, 2.75) is 44.8 Å².